The first kappa shape index (κ1) is 14.3. The second-order valence-corrected chi connectivity index (χ2v) is 4.05. The maximum atomic E-state index is 13.1. The van der Waals surface area contributed by atoms with Crippen molar-refractivity contribution in [2.75, 3.05) is 10.6 Å². The molecular weight excluding hydrogens is 281 g/mol. The number of nitro groups is 1. The van der Waals surface area contributed by atoms with Gasteiger partial charge in [-0.25, -0.2) is 9.18 Å². The lowest BCUT2D eigenvalue weighted by atomic mass is 10.3. The van der Waals surface area contributed by atoms with E-state index in [1.165, 1.54) is 30.3 Å². The van der Waals surface area contributed by atoms with Gasteiger partial charge in [0.1, 0.15) is 0 Å². The molecule has 0 bridgehead atoms. The third-order valence-corrected chi connectivity index (χ3v) is 2.52. The lowest BCUT2D eigenvalue weighted by Crippen LogP contribution is -2.19. The van der Waals surface area contributed by atoms with Gasteiger partial charge in [0.2, 0.25) is 0 Å². The third-order valence-electron chi connectivity index (χ3n) is 2.52. The van der Waals surface area contributed by atoms with Gasteiger partial charge in [-0.15, -0.1) is 0 Å². The number of amides is 2. The van der Waals surface area contributed by atoms with Crippen LogP contribution in [0.2, 0.25) is 0 Å². The highest BCUT2D eigenvalue weighted by Crippen LogP contribution is 2.20. The van der Waals surface area contributed by atoms with E-state index in [2.05, 4.69) is 10.6 Å². The number of non-ortho nitro benzene ring substituents is 1. The molecule has 0 aliphatic heterocycles. The molecule has 0 saturated heterocycles. The number of anilines is 2. The molecule has 2 amide bonds. The van der Waals surface area contributed by atoms with Crippen LogP contribution < -0.4 is 10.6 Å². The van der Waals surface area contributed by atoms with Crippen molar-refractivity contribution in [2.24, 2.45) is 0 Å². The van der Waals surface area contributed by atoms with E-state index in [1.807, 2.05) is 0 Å². The molecule has 0 spiro atoms. The van der Waals surface area contributed by atoms with E-state index in [0.717, 1.165) is 12.1 Å². The van der Waals surface area contributed by atoms with E-state index in [4.69, 9.17) is 5.11 Å². The summed E-state index contributed by atoms with van der Waals surface area (Å²) in [4.78, 5) is 21.7. The van der Waals surface area contributed by atoms with Crippen LogP contribution in [-0.4, -0.2) is 16.1 Å². The summed E-state index contributed by atoms with van der Waals surface area (Å²) in [6.07, 6.45) is 0. The fourth-order valence-electron chi connectivity index (χ4n) is 1.58. The number of phenols is 1. The van der Waals surface area contributed by atoms with Gasteiger partial charge in [0.25, 0.3) is 5.69 Å². The number of phenolic OH excluding ortho intramolecular Hbond substituents is 1. The lowest BCUT2D eigenvalue weighted by molar-refractivity contribution is -0.384. The number of halogens is 1. The van der Waals surface area contributed by atoms with Gasteiger partial charge in [-0.3, -0.25) is 10.1 Å². The van der Waals surface area contributed by atoms with Crippen LogP contribution in [0, 0.1) is 15.9 Å². The number of benzene rings is 2. The zero-order valence-electron chi connectivity index (χ0n) is 10.5. The van der Waals surface area contributed by atoms with Gasteiger partial charge in [0.15, 0.2) is 11.6 Å². The quantitative estimate of drug-likeness (QED) is 0.459. The molecule has 0 atom stereocenters. The Morgan fingerprint density at radius 3 is 2.43 bits per heavy atom. The molecule has 3 N–H and O–H groups in total. The van der Waals surface area contributed by atoms with Gasteiger partial charge in [-0.1, -0.05) is 6.07 Å². The Labute approximate surface area is 118 Å². The minimum Gasteiger partial charge on any atom is -0.505 e. The summed E-state index contributed by atoms with van der Waals surface area (Å²) in [7, 11) is 0. The Kier molecular flexibility index (Phi) is 3.98. The predicted octanol–water partition coefficient (Wildman–Crippen LogP) is 3.08. The van der Waals surface area contributed by atoms with Crippen molar-refractivity contribution in [3.63, 3.8) is 0 Å². The number of hydrogen-bond donors (Lipinski definition) is 3. The van der Waals surface area contributed by atoms with Gasteiger partial charge in [-0.05, 0) is 18.2 Å². The SMILES string of the molecule is O=C(Nc1cccc([N+](=O)[O-])c1)Nc1ccc(O)c(F)c1. The van der Waals surface area contributed by atoms with Crippen LogP contribution in [0.4, 0.5) is 26.2 Å². The first-order valence-electron chi connectivity index (χ1n) is 5.76. The monoisotopic (exact) mass is 291 g/mol. The Morgan fingerprint density at radius 2 is 1.81 bits per heavy atom. The normalized spacial score (nSPS) is 9.95. The fourth-order valence-corrected chi connectivity index (χ4v) is 1.58. The van der Waals surface area contributed by atoms with Crippen LogP contribution >= 0.6 is 0 Å². The topological polar surface area (TPSA) is 104 Å². The molecule has 0 aliphatic rings. The van der Waals surface area contributed by atoms with Crippen molar-refractivity contribution in [2.45, 2.75) is 0 Å². The summed E-state index contributed by atoms with van der Waals surface area (Å²) in [6, 6.07) is 8.04. The van der Waals surface area contributed by atoms with Crippen LogP contribution in [0.1, 0.15) is 0 Å². The minimum absolute atomic E-state index is 0.133. The Balaban J connectivity index is 2.06. The van der Waals surface area contributed by atoms with E-state index in [-0.39, 0.29) is 17.1 Å². The summed E-state index contributed by atoms with van der Waals surface area (Å²) in [5.74, 6) is -1.40. The smallest absolute Gasteiger partial charge is 0.323 e. The van der Waals surface area contributed by atoms with Crippen molar-refractivity contribution in [3.8, 4) is 5.75 Å². The van der Waals surface area contributed by atoms with Gasteiger partial charge in [0.05, 0.1) is 4.92 Å². The standard InChI is InChI=1S/C13H10FN3O4/c14-11-7-9(4-5-12(11)18)16-13(19)15-8-2-1-3-10(6-8)17(20)21/h1-7,18H,(H2,15,16,19). The number of hydrogen-bond acceptors (Lipinski definition) is 4. The van der Waals surface area contributed by atoms with Crippen LogP contribution in [0.15, 0.2) is 42.5 Å². The summed E-state index contributed by atoms with van der Waals surface area (Å²) < 4.78 is 13.1. The minimum atomic E-state index is -0.872. The molecule has 108 valence electrons. The number of carbonyl (C=O) groups excluding carboxylic acids is 1. The van der Waals surface area contributed by atoms with Crippen LogP contribution in [-0.2, 0) is 0 Å². The molecule has 21 heavy (non-hydrogen) atoms. The van der Waals surface area contributed by atoms with Crippen molar-refractivity contribution >= 4 is 23.1 Å². The number of carbonyl (C=O) groups is 1. The fraction of sp³-hybridized carbons (Fsp3) is 0. The Bertz CT molecular complexity index is 706. The number of aromatic hydroxyl groups is 1. The molecule has 0 unspecified atom stereocenters. The van der Waals surface area contributed by atoms with Gasteiger partial charge in [-0.2, -0.15) is 0 Å². The molecule has 0 aromatic heterocycles. The first-order chi connectivity index (χ1) is 9.95. The van der Waals surface area contributed by atoms with E-state index >= 15 is 0 Å². The van der Waals surface area contributed by atoms with Crippen LogP contribution in [0.3, 0.4) is 0 Å². The Morgan fingerprint density at radius 1 is 1.14 bits per heavy atom. The molecule has 2 aromatic carbocycles. The maximum Gasteiger partial charge on any atom is 0.323 e. The number of rotatable bonds is 3. The van der Waals surface area contributed by atoms with Crippen molar-refractivity contribution in [3.05, 3.63) is 58.4 Å². The summed E-state index contributed by atoms with van der Waals surface area (Å²) in [5, 5.41) is 24.4. The molecule has 0 fully saturated rings. The molecule has 2 aromatic rings. The third kappa shape index (κ3) is 3.66. The molecule has 0 radical (unpaired) electrons. The highest BCUT2D eigenvalue weighted by atomic mass is 19.1. The van der Waals surface area contributed by atoms with Gasteiger partial charge < -0.3 is 15.7 Å². The average Bonchev–Trinajstić information content (AvgIpc) is 2.43. The van der Waals surface area contributed by atoms with Crippen molar-refractivity contribution < 1.29 is 19.2 Å². The van der Waals surface area contributed by atoms with E-state index in [9.17, 15) is 19.3 Å². The van der Waals surface area contributed by atoms with Crippen LogP contribution in [0.5, 0.6) is 5.75 Å². The van der Waals surface area contributed by atoms with Crippen molar-refractivity contribution in [1.82, 2.24) is 0 Å². The Hall–Kier alpha value is -3.16. The van der Waals surface area contributed by atoms with E-state index in [1.54, 1.807) is 0 Å². The van der Waals surface area contributed by atoms with E-state index < -0.39 is 22.5 Å². The lowest BCUT2D eigenvalue weighted by Gasteiger charge is -2.08. The van der Waals surface area contributed by atoms with Gasteiger partial charge in [0, 0.05) is 29.6 Å². The van der Waals surface area contributed by atoms with Crippen molar-refractivity contribution in [1.29, 1.82) is 0 Å². The number of nitro benzene ring substituents is 1. The second kappa shape index (κ2) is 5.87. The number of nitrogens with zero attached hydrogens (tertiary/aromatic N) is 1. The zero-order valence-corrected chi connectivity index (χ0v) is 10.5. The molecule has 8 heteroatoms. The molecular formula is C13H10FN3O4. The molecule has 0 aliphatic carbocycles. The summed E-state index contributed by atoms with van der Waals surface area (Å²) >= 11 is 0. The molecule has 2 rings (SSSR count). The average molecular weight is 291 g/mol. The van der Waals surface area contributed by atoms with E-state index in [0.29, 0.717) is 0 Å². The highest BCUT2D eigenvalue weighted by Gasteiger charge is 2.09. The predicted molar refractivity (Wildman–Crippen MR) is 73.8 cm³/mol. The first-order valence-corrected chi connectivity index (χ1v) is 5.76. The number of urea groups is 1. The molecule has 7 nitrogen and oxygen atoms in total. The number of nitrogens with one attached hydrogen (secondary N) is 2. The van der Waals surface area contributed by atoms with Crippen LogP contribution in [0.25, 0.3) is 0 Å². The second-order valence-electron chi connectivity index (χ2n) is 4.05. The maximum absolute atomic E-state index is 13.1. The largest absolute Gasteiger partial charge is 0.505 e. The summed E-state index contributed by atoms with van der Waals surface area (Å²) in [6.45, 7) is 0. The highest BCUT2D eigenvalue weighted by molar-refractivity contribution is 5.99. The molecule has 0 saturated carbocycles. The molecule has 0 heterocycles. The van der Waals surface area contributed by atoms with Gasteiger partial charge >= 0.3 is 6.03 Å². The summed E-state index contributed by atoms with van der Waals surface area (Å²) in [5.41, 5.74) is 0.192. The zero-order chi connectivity index (χ0) is 15.4.